The fourth-order valence-corrected chi connectivity index (χ4v) is 2.32. The van der Waals surface area contributed by atoms with Crippen LogP contribution < -0.4 is 0 Å². The molecule has 0 aliphatic heterocycles. The molecule has 0 aromatic heterocycles. The first-order valence-corrected chi connectivity index (χ1v) is 9.68. The van der Waals surface area contributed by atoms with Crippen molar-refractivity contribution in [3.63, 3.8) is 0 Å². The molecule has 0 rings (SSSR count). The second-order valence-electron chi connectivity index (χ2n) is 10.4. The molecule has 26 heavy (non-hydrogen) atoms. The normalized spacial score (nSPS) is 13.7. The number of rotatable bonds is 8. The van der Waals surface area contributed by atoms with Gasteiger partial charge in [-0.25, -0.2) is 9.59 Å². The standard InChI is InChI=1S/C22H40O4/c1-15(2)13-25-19(23)17(11-21(5,6)7)18(12-22(8,9)10)20(24)26-14-16(3)4/h15-16H,11-14H2,1-10H3/b18-17-. The van der Waals surface area contributed by atoms with E-state index in [2.05, 4.69) is 41.5 Å². The van der Waals surface area contributed by atoms with Crippen LogP contribution >= 0.6 is 0 Å². The van der Waals surface area contributed by atoms with E-state index in [1.54, 1.807) is 0 Å². The van der Waals surface area contributed by atoms with E-state index in [9.17, 15) is 9.59 Å². The molecule has 0 heterocycles. The second kappa shape index (κ2) is 10.1. The van der Waals surface area contributed by atoms with Crippen LogP contribution in [0.5, 0.6) is 0 Å². The molecular weight excluding hydrogens is 328 g/mol. The van der Waals surface area contributed by atoms with Crippen LogP contribution in [-0.2, 0) is 19.1 Å². The Labute approximate surface area is 160 Å². The fraction of sp³-hybridized carbons (Fsp3) is 0.818. The Balaban J connectivity index is 5.95. The van der Waals surface area contributed by atoms with Gasteiger partial charge >= 0.3 is 11.9 Å². The van der Waals surface area contributed by atoms with E-state index in [4.69, 9.17) is 9.47 Å². The molecule has 0 atom stereocenters. The van der Waals surface area contributed by atoms with Gasteiger partial charge in [-0.1, -0.05) is 69.2 Å². The molecule has 0 unspecified atom stereocenters. The fourth-order valence-electron chi connectivity index (χ4n) is 2.32. The maximum absolute atomic E-state index is 12.8. The maximum atomic E-state index is 12.8. The largest absolute Gasteiger partial charge is 0.462 e. The highest BCUT2D eigenvalue weighted by Crippen LogP contribution is 2.33. The number of esters is 2. The monoisotopic (exact) mass is 368 g/mol. The van der Waals surface area contributed by atoms with Crippen molar-refractivity contribution in [3.05, 3.63) is 11.1 Å². The summed E-state index contributed by atoms with van der Waals surface area (Å²) in [6.07, 6.45) is 0.957. The van der Waals surface area contributed by atoms with Gasteiger partial charge in [0.05, 0.1) is 13.2 Å². The molecule has 0 N–H and O–H groups in total. The first kappa shape index (κ1) is 24.7. The zero-order chi connectivity index (χ0) is 20.7. The molecule has 0 radical (unpaired) electrons. The van der Waals surface area contributed by atoms with Crippen LogP contribution in [0.1, 0.15) is 82.1 Å². The van der Waals surface area contributed by atoms with E-state index >= 15 is 0 Å². The third-order valence-electron chi connectivity index (χ3n) is 3.37. The van der Waals surface area contributed by atoms with Crippen LogP contribution in [0.4, 0.5) is 0 Å². The minimum atomic E-state index is -0.394. The predicted molar refractivity (Wildman–Crippen MR) is 107 cm³/mol. The van der Waals surface area contributed by atoms with Crippen molar-refractivity contribution < 1.29 is 19.1 Å². The maximum Gasteiger partial charge on any atom is 0.334 e. The second-order valence-corrected chi connectivity index (χ2v) is 10.4. The van der Waals surface area contributed by atoms with Crippen molar-refractivity contribution in [1.82, 2.24) is 0 Å². The van der Waals surface area contributed by atoms with E-state index in [1.807, 2.05) is 27.7 Å². The molecule has 0 bridgehead atoms. The van der Waals surface area contributed by atoms with E-state index < -0.39 is 11.9 Å². The van der Waals surface area contributed by atoms with Crippen LogP contribution in [0.15, 0.2) is 11.1 Å². The van der Waals surface area contributed by atoms with Gasteiger partial charge in [0.1, 0.15) is 0 Å². The molecule has 0 aromatic rings. The molecule has 0 saturated heterocycles. The average molecular weight is 369 g/mol. The van der Waals surface area contributed by atoms with Gasteiger partial charge in [0.2, 0.25) is 0 Å². The minimum absolute atomic E-state index is 0.145. The minimum Gasteiger partial charge on any atom is -0.462 e. The van der Waals surface area contributed by atoms with E-state index in [0.29, 0.717) is 37.2 Å². The Morgan fingerprint density at radius 3 is 1.12 bits per heavy atom. The Bertz CT molecular complexity index is 453. The molecule has 0 aliphatic carbocycles. The van der Waals surface area contributed by atoms with Crippen LogP contribution in [0.2, 0.25) is 0 Å². The Kier molecular flexibility index (Phi) is 9.61. The van der Waals surface area contributed by atoms with Gasteiger partial charge in [-0.15, -0.1) is 0 Å². The van der Waals surface area contributed by atoms with Crippen molar-refractivity contribution >= 4 is 11.9 Å². The smallest absolute Gasteiger partial charge is 0.334 e. The van der Waals surface area contributed by atoms with E-state index in [1.165, 1.54) is 0 Å². The summed E-state index contributed by atoms with van der Waals surface area (Å²) in [5, 5.41) is 0. The van der Waals surface area contributed by atoms with Crippen molar-refractivity contribution in [2.45, 2.75) is 82.1 Å². The molecule has 0 fully saturated rings. The van der Waals surface area contributed by atoms with Crippen LogP contribution in [0.25, 0.3) is 0 Å². The zero-order valence-electron chi connectivity index (χ0n) is 18.6. The first-order chi connectivity index (χ1) is 11.6. The van der Waals surface area contributed by atoms with Gasteiger partial charge in [0.15, 0.2) is 0 Å². The summed E-state index contributed by atoms with van der Waals surface area (Å²) in [7, 11) is 0. The molecule has 0 aromatic carbocycles. The quantitative estimate of drug-likeness (QED) is 0.416. The lowest BCUT2D eigenvalue weighted by atomic mass is 9.81. The molecule has 152 valence electrons. The number of carbonyl (C=O) groups is 2. The van der Waals surface area contributed by atoms with E-state index in [-0.39, 0.29) is 22.7 Å². The first-order valence-electron chi connectivity index (χ1n) is 9.68. The third-order valence-corrected chi connectivity index (χ3v) is 3.37. The summed E-state index contributed by atoms with van der Waals surface area (Å²) in [6.45, 7) is 21.0. The summed E-state index contributed by atoms with van der Waals surface area (Å²) in [6, 6.07) is 0. The zero-order valence-corrected chi connectivity index (χ0v) is 18.6. The molecular formula is C22H40O4. The predicted octanol–water partition coefficient (Wildman–Crippen LogP) is 5.55. The van der Waals surface area contributed by atoms with Crippen LogP contribution in [0, 0.1) is 22.7 Å². The number of hydrogen-bond acceptors (Lipinski definition) is 4. The summed E-state index contributed by atoms with van der Waals surface area (Å²) < 4.78 is 11.0. The Hall–Kier alpha value is -1.32. The molecule has 4 heteroatoms. The highest BCUT2D eigenvalue weighted by molar-refractivity contribution is 6.00. The topological polar surface area (TPSA) is 52.6 Å². The van der Waals surface area contributed by atoms with Gasteiger partial charge in [-0.05, 0) is 35.5 Å². The average Bonchev–Trinajstić information content (AvgIpc) is 2.43. The molecule has 0 saturated carbocycles. The Morgan fingerprint density at radius 2 is 0.923 bits per heavy atom. The van der Waals surface area contributed by atoms with Gasteiger partial charge in [0, 0.05) is 11.1 Å². The van der Waals surface area contributed by atoms with Crippen LogP contribution in [-0.4, -0.2) is 25.2 Å². The van der Waals surface area contributed by atoms with E-state index in [0.717, 1.165) is 0 Å². The molecule has 0 amide bonds. The Morgan fingerprint density at radius 1 is 0.654 bits per heavy atom. The SMILES string of the molecule is CC(C)COC(=O)/C(CC(C)(C)C)=C(/CC(C)(C)C)C(=O)OCC(C)C. The van der Waals surface area contributed by atoms with Crippen LogP contribution in [0.3, 0.4) is 0 Å². The molecule has 0 aliphatic rings. The third kappa shape index (κ3) is 11.3. The number of carbonyl (C=O) groups excluding carboxylic acids is 2. The lowest BCUT2D eigenvalue weighted by Gasteiger charge is -2.26. The van der Waals surface area contributed by atoms with Gasteiger partial charge in [-0.3, -0.25) is 0 Å². The van der Waals surface area contributed by atoms with Gasteiger partial charge < -0.3 is 9.47 Å². The van der Waals surface area contributed by atoms with Crippen molar-refractivity contribution in [2.75, 3.05) is 13.2 Å². The lowest BCUT2D eigenvalue weighted by molar-refractivity contribution is -0.144. The molecule has 0 spiro atoms. The highest BCUT2D eigenvalue weighted by atomic mass is 16.5. The lowest BCUT2D eigenvalue weighted by Crippen LogP contribution is -2.25. The summed E-state index contributed by atoms with van der Waals surface area (Å²) in [4.78, 5) is 25.6. The summed E-state index contributed by atoms with van der Waals surface area (Å²) in [5.41, 5.74) is 0.630. The molecule has 4 nitrogen and oxygen atoms in total. The summed E-state index contributed by atoms with van der Waals surface area (Å²) in [5.74, 6) is -0.300. The highest BCUT2D eigenvalue weighted by Gasteiger charge is 2.30. The van der Waals surface area contributed by atoms with Crippen molar-refractivity contribution in [2.24, 2.45) is 22.7 Å². The van der Waals surface area contributed by atoms with Crippen molar-refractivity contribution in [3.8, 4) is 0 Å². The number of ether oxygens (including phenoxy) is 2. The number of hydrogen-bond donors (Lipinski definition) is 0. The van der Waals surface area contributed by atoms with Gasteiger partial charge in [-0.2, -0.15) is 0 Å². The van der Waals surface area contributed by atoms with Gasteiger partial charge in [0.25, 0.3) is 0 Å². The summed E-state index contributed by atoms with van der Waals surface area (Å²) >= 11 is 0. The van der Waals surface area contributed by atoms with Crippen molar-refractivity contribution in [1.29, 1.82) is 0 Å².